The van der Waals surface area contributed by atoms with E-state index in [-0.39, 0.29) is 6.10 Å². The van der Waals surface area contributed by atoms with Crippen LogP contribution in [0.25, 0.3) is 0 Å². The van der Waals surface area contributed by atoms with Gasteiger partial charge in [0.1, 0.15) is 0 Å². The van der Waals surface area contributed by atoms with Crippen LogP contribution in [0.15, 0.2) is 0 Å². The number of rotatable bonds is 3. The van der Waals surface area contributed by atoms with Crippen molar-refractivity contribution in [2.24, 2.45) is 5.92 Å². The lowest BCUT2D eigenvalue weighted by Gasteiger charge is -2.28. The lowest BCUT2D eigenvalue weighted by Crippen LogP contribution is -2.41. The molecule has 0 aromatic rings. The molecule has 3 nitrogen and oxygen atoms in total. The molecule has 2 aliphatic heterocycles. The smallest absolute Gasteiger partial charge is 0.0689 e. The van der Waals surface area contributed by atoms with E-state index in [0.717, 1.165) is 19.1 Å². The van der Waals surface area contributed by atoms with Crippen molar-refractivity contribution in [2.45, 2.75) is 45.3 Å². The van der Waals surface area contributed by atoms with Gasteiger partial charge in [0.25, 0.3) is 0 Å². The van der Waals surface area contributed by atoms with Gasteiger partial charge < -0.3 is 5.11 Å². The van der Waals surface area contributed by atoms with Crippen molar-refractivity contribution in [2.75, 3.05) is 32.7 Å². The van der Waals surface area contributed by atoms with E-state index in [0.29, 0.717) is 5.92 Å². The van der Waals surface area contributed by atoms with Crippen LogP contribution in [-0.2, 0) is 0 Å². The van der Waals surface area contributed by atoms with Crippen molar-refractivity contribution < 1.29 is 5.11 Å². The summed E-state index contributed by atoms with van der Waals surface area (Å²) in [4.78, 5) is 5.11. The molecule has 0 spiro atoms. The van der Waals surface area contributed by atoms with E-state index in [1.54, 1.807) is 0 Å². The first-order valence-electron chi connectivity index (χ1n) is 6.81. The molecule has 16 heavy (non-hydrogen) atoms. The molecule has 2 atom stereocenters. The van der Waals surface area contributed by atoms with Gasteiger partial charge in [0.05, 0.1) is 6.10 Å². The SMILES string of the molecule is CC(C)C(O)CN1CCCN2CCCC2C1. The van der Waals surface area contributed by atoms with Crippen LogP contribution in [0.1, 0.15) is 33.1 Å². The first kappa shape index (κ1) is 12.3. The first-order valence-corrected chi connectivity index (χ1v) is 6.81. The Balaban J connectivity index is 1.85. The third kappa shape index (κ3) is 2.96. The van der Waals surface area contributed by atoms with Crippen LogP contribution >= 0.6 is 0 Å². The molecule has 2 heterocycles. The molecule has 0 amide bonds. The number of aliphatic hydroxyl groups is 1. The van der Waals surface area contributed by atoms with E-state index in [9.17, 15) is 5.11 Å². The minimum atomic E-state index is -0.159. The van der Waals surface area contributed by atoms with Crippen LogP contribution in [0, 0.1) is 5.92 Å². The monoisotopic (exact) mass is 226 g/mol. The van der Waals surface area contributed by atoms with E-state index in [1.807, 2.05) is 0 Å². The van der Waals surface area contributed by atoms with Crippen molar-refractivity contribution >= 4 is 0 Å². The highest BCUT2D eigenvalue weighted by molar-refractivity contribution is 4.85. The number of hydrogen-bond donors (Lipinski definition) is 1. The summed E-state index contributed by atoms with van der Waals surface area (Å²) in [5.41, 5.74) is 0. The number of hydrogen-bond acceptors (Lipinski definition) is 3. The molecule has 3 heteroatoms. The van der Waals surface area contributed by atoms with Crippen molar-refractivity contribution in [3.05, 3.63) is 0 Å². The van der Waals surface area contributed by atoms with Gasteiger partial charge in [-0.05, 0) is 44.8 Å². The number of β-amino-alcohol motifs (C(OH)–C–C–N with tert-alkyl or cyclic N) is 1. The minimum Gasteiger partial charge on any atom is -0.392 e. The molecule has 0 bridgehead atoms. The number of fused-ring (bicyclic) bond motifs is 1. The summed E-state index contributed by atoms with van der Waals surface area (Å²) in [6.45, 7) is 9.96. The van der Waals surface area contributed by atoms with E-state index < -0.39 is 0 Å². The average Bonchev–Trinajstić information content (AvgIpc) is 2.57. The minimum absolute atomic E-state index is 0.159. The predicted octanol–water partition coefficient (Wildman–Crippen LogP) is 1.17. The van der Waals surface area contributed by atoms with Crippen LogP contribution in [0.5, 0.6) is 0 Å². The molecule has 2 fully saturated rings. The Morgan fingerprint density at radius 3 is 2.69 bits per heavy atom. The van der Waals surface area contributed by atoms with E-state index in [2.05, 4.69) is 23.6 Å². The molecular weight excluding hydrogens is 200 g/mol. The van der Waals surface area contributed by atoms with Gasteiger partial charge in [-0.25, -0.2) is 0 Å². The summed E-state index contributed by atoms with van der Waals surface area (Å²) < 4.78 is 0. The molecule has 2 saturated heterocycles. The summed E-state index contributed by atoms with van der Waals surface area (Å²) in [5, 5.41) is 9.96. The number of aliphatic hydroxyl groups excluding tert-OH is 1. The predicted molar refractivity (Wildman–Crippen MR) is 66.5 cm³/mol. The second-order valence-electron chi connectivity index (χ2n) is 5.76. The zero-order chi connectivity index (χ0) is 11.5. The lowest BCUT2D eigenvalue weighted by molar-refractivity contribution is 0.0732. The van der Waals surface area contributed by atoms with Gasteiger partial charge >= 0.3 is 0 Å². The maximum atomic E-state index is 9.96. The van der Waals surface area contributed by atoms with Crippen LogP contribution in [0.4, 0.5) is 0 Å². The Morgan fingerprint density at radius 2 is 1.94 bits per heavy atom. The van der Waals surface area contributed by atoms with Gasteiger partial charge in [-0.3, -0.25) is 9.80 Å². The van der Waals surface area contributed by atoms with Crippen LogP contribution in [0.3, 0.4) is 0 Å². The van der Waals surface area contributed by atoms with Crippen LogP contribution < -0.4 is 0 Å². The summed E-state index contributed by atoms with van der Waals surface area (Å²) in [7, 11) is 0. The van der Waals surface area contributed by atoms with Gasteiger partial charge in [0.15, 0.2) is 0 Å². The summed E-state index contributed by atoms with van der Waals surface area (Å²) in [6.07, 6.45) is 3.83. The quantitative estimate of drug-likeness (QED) is 0.782. The van der Waals surface area contributed by atoms with E-state index in [1.165, 1.54) is 38.9 Å². The van der Waals surface area contributed by atoms with E-state index >= 15 is 0 Å². The van der Waals surface area contributed by atoms with Crippen molar-refractivity contribution in [1.82, 2.24) is 9.80 Å². The highest BCUT2D eigenvalue weighted by Crippen LogP contribution is 2.21. The Labute approximate surface area is 99.4 Å². The van der Waals surface area contributed by atoms with Gasteiger partial charge in [-0.1, -0.05) is 13.8 Å². The van der Waals surface area contributed by atoms with Crippen molar-refractivity contribution in [3.63, 3.8) is 0 Å². The molecule has 0 aliphatic carbocycles. The van der Waals surface area contributed by atoms with Gasteiger partial charge in [0, 0.05) is 19.1 Å². The largest absolute Gasteiger partial charge is 0.392 e. The van der Waals surface area contributed by atoms with Crippen LogP contribution in [-0.4, -0.2) is 59.8 Å². The highest BCUT2D eigenvalue weighted by atomic mass is 16.3. The fourth-order valence-corrected chi connectivity index (χ4v) is 2.92. The molecule has 2 rings (SSSR count). The highest BCUT2D eigenvalue weighted by Gasteiger charge is 2.29. The average molecular weight is 226 g/mol. The van der Waals surface area contributed by atoms with E-state index in [4.69, 9.17) is 0 Å². The maximum absolute atomic E-state index is 9.96. The Kier molecular flexibility index (Phi) is 4.22. The van der Waals surface area contributed by atoms with Gasteiger partial charge in [-0.15, -0.1) is 0 Å². The molecule has 1 N–H and O–H groups in total. The Morgan fingerprint density at radius 1 is 1.19 bits per heavy atom. The zero-order valence-corrected chi connectivity index (χ0v) is 10.7. The third-order valence-electron chi connectivity index (χ3n) is 4.10. The van der Waals surface area contributed by atoms with Gasteiger partial charge in [0.2, 0.25) is 0 Å². The van der Waals surface area contributed by atoms with Gasteiger partial charge in [-0.2, -0.15) is 0 Å². The van der Waals surface area contributed by atoms with Crippen LogP contribution in [0.2, 0.25) is 0 Å². The molecule has 2 unspecified atom stereocenters. The summed E-state index contributed by atoms with van der Waals surface area (Å²) >= 11 is 0. The Hall–Kier alpha value is -0.120. The number of nitrogens with zero attached hydrogens (tertiary/aromatic N) is 2. The maximum Gasteiger partial charge on any atom is 0.0689 e. The zero-order valence-electron chi connectivity index (χ0n) is 10.7. The molecular formula is C13H26N2O. The fourth-order valence-electron chi connectivity index (χ4n) is 2.92. The fraction of sp³-hybridized carbons (Fsp3) is 1.00. The summed E-state index contributed by atoms with van der Waals surface area (Å²) in [6, 6.07) is 0.766. The third-order valence-corrected chi connectivity index (χ3v) is 4.10. The van der Waals surface area contributed by atoms with Crippen molar-refractivity contribution in [3.8, 4) is 0 Å². The summed E-state index contributed by atoms with van der Waals surface area (Å²) in [5.74, 6) is 0.378. The molecule has 0 saturated carbocycles. The lowest BCUT2D eigenvalue weighted by atomic mass is 10.1. The first-order chi connectivity index (χ1) is 7.66. The molecule has 0 aromatic heterocycles. The van der Waals surface area contributed by atoms with Crippen molar-refractivity contribution in [1.29, 1.82) is 0 Å². The second-order valence-corrected chi connectivity index (χ2v) is 5.76. The Bertz CT molecular complexity index is 220. The molecule has 0 radical (unpaired) electrons. The second kappa shape index (κ2) is 5.48. The topological polar surface area (TPSA) is 26.7 Å². The molecule has 0 aromatic carbocycles. The standard InChI is InChI=1S/C13H26N2O/c1-11(2)13(16)10-14-6-4-8-15-7-3-5-12(15)9-14/h11-13,16H,3-10H2,1-2H3. The normalized spacial score (nSPS) is 30.4. The molecule has 94 valence electrons. The molecule has 2 aliphatic rings.